The molecule has 1 N–H and O–H groups in total. The third-order valence-electron chi connectivity index (χ3n) is 8.41. The maximum atomic E-state index is 15.6. The molecule has 43 heavy (non-hydrogen) atoms. The van der Waals surface area contributed by atoms with Crippen LogP contribution in [0.2, 0.25) is 5.02 Å². The Morgan fingerprint density at radius 1 is 1.05 bits per heavy atom. The van der Waals surface area contributed by atoms with Crippen LogP contribution in [0.15, 0.2) is 24.4 Å². The number of carbonyl (C=O) groups is 3. The highest BCUT2D eigenvalue weighted by molar-refractivity contribution is 6.34. The summed E-state index contributed by atoms with van der Waals surface area (Å²) in [5.41, 5.74) is -8.05. The fourth-order valence-corrected chi connectivity index (χ4v) is 6.23. The maximum absolute atomic E-state index is 15.6. The Bertz CT molecular complexity index is 1390. The van der Waals surface area contributed by atoms with Gasteiger partial charge in [0.25, 0.3) is 5.91 Å². The van der Waals surface area contributed by atoms with Crippen LogP contribution in [0.1, 0.15) is 96.3 Å². The number of hydrogen-bond acceptors (Lipinski definition) is 4. The molecule has 2 saturated carbocycles. The molecule has 1 amide bonds. The van der Waals surface area contributed by atoms with Gasteiger partial charge in [-0.3, -0.25) is 19.1 Å². The lowest BCUT2D eigenvalue weighted by Gasteiger charge is -2.34. The minimum absolute atomic E-state index is 0.0176. The van der Waals surface area contributed by atoms with Crippen molar-refractivity contribution in [3.63, 3.8) is 0 Å². The second kappa shape index (κ2) is 11.7. The lowest BCUT2D eigenvalue weighted by molar-refractivity contribution is -0.152. The molecule has 0 bridgehead atoms. The minimum Gasteiger partial charge on any atom is -0.481 e. The summed E-state index contributed by atoms with van der Waals surface area (Å²) in [7, 11) is 0. The number of aromatic nitrogens is 2. The Morgan fingerprint density at radius 2 is 1.65 bits per heavy atom. The molecule has 7 nitrogen and oxygen atoms in total. The Hall–Kier alpha value is -3.16. The van der Waals surface area contributed by atoms with E-state index in [1.54, 1.807) is 0 Å². The third kappa shape index (κ3) is 6.83. The second-order valence-corrected chi connectivity index (χ2v) is 12.0. The van der Waals surface area contributed by atoms with Gasteiger partial charge in [0.1, 0.15) is 5.67 Å². The summed E-state index contributed by atoms with van der Waals surface area (Å²) < 4.78 is 101. The van der Waals surface area contributed by atoms with Gasteiger partial charge in [0, 0.05) is 0 Å². The molecule has 4 rings (SSSR count). The monoisotopic (exact) mass is 639 g/mol. The van der Waals surface area contributed by atoms with Crippen molar-refractivity contribution in [2.24, 2.45) is 5.41 Å². The molecule has 2 aromatic rings. The summed E-state index contributed by atoms with van der Waals surface area (Å²) >= 11 is 5.92. The highest BCUT2D eigenvalue weighted by Gasteiger charge is 2.46. The summed E-state index contributed by atoms with van der Waals surface area (Å²) in [6.07, 6.45) is -8.65. The van der Waals surface area contributed by atoms with Gasteiger partial charge in [0.2, 0.25) is 0 Å². The second-order valence-electron chi connectivity index (χ2n) is 11.5. The number of ketones is 1. The number of carboxylic acid groups (broad SMARTS) is 1. The van der Waals surface area contributed by atoms with Crippen LogP contribution < -0.4 is 0 Å². The van der Waals surface area contributed by atoms with Crippen molar-refractivity contribution in [1.29, 1.82) is 0 Å². The van der Waals surface area contributed by atoms with Crippen molar-refractivity contribution >= 4 is 29.3 Å². The van der Waals surface area contributed by atoms with Gasteiger partial charge >= 0.3 is 18.3 Å². The van der Waals surface area contributed by atoms with E-state index in [-0.39, 0.29) is 38.5 Å². The SMILES string of the molecule is C[C@]1(C(=O)O)CC[C@H](n2ncc(C(=O)N(CC(=O)c3c(Cl)cccc3C(F)(F)F)CC3(F)CCCC3)c2C(F)(F)F)CC1. The van der Waals surface area contributed by atoms with Crippen LogP contribution in [0.4, 0.5) is 30.7 Å². The molecule has 0 spiro atoms. The molecule has 2 aliphatic rings. The molecule has 1 aromatic heterocycles. The summed E-state index contributed by atoms with van der Waals surface area (Å²) in [6.45, 7) is -0.505. The van der Waals surface area contributed by atoms with E-state index in [1.807, 2.05) is 0 Å². The lowest BCUT2D eigenvalue weighted by Crippen LogP contribution is -2.45. The number of benzene rings is 1. The zero-order chi connectivity index (χ0) is 32.0. The number of carbonyl (C=O) groups excluding carboxylic acids is 2. The van der Waals surface area contributed by atoms with Crippen LogP contribution in [0.3, 0.4) is 0 Å². The fraction of sp³-hybridized carbons (Fsp3) is 0.571. The van der Waals surface area contributed by atoms with Gasteiger partial charge in [-0.1, -0.05) is 30.5 Å². The van der Waals surface area contributed by atoms with Gasteiger partial charge in [-0.25, -0.2) is 4.39 Å². The minimum atomic E-state index is -5.14. The van der Waals surface area contributed by atoms with E-state index in [0.29, 0.717) is 34.7 Å². The number of aliphatic carboxylic acids is 1. The van der Waals surface area contributed by atoms with Gasteiger partial charge in [-0.15, -0.1) is 0 Å². The molecule has 0 unspecified atom stereocenters. The summed E-state index contributed by atoms with van der Waals surface area (Å²) in [5, 5.41) is 12.7. The first-order valence-electron chi connectivity index (χ1n) is 13.6. The highest BCUT2D eigenvalue weighted by Crippen LogP contribution is 2.44. The normalized spacial score (nSPS) is 22.4. The number of alkyl halides is 7. The zero-order valence-electron chi connectivity index (χ0n) is 23.0. The number of rotatable bonds is 8. The van der Waals surface area contributed by atoms with Crippen LogP contribution in [0.5, 0.6) is 0 Å². The van der Waals surface area contributed by atoms with Gasteiger partial charge in [0.15, 0.2) is 11.5 Å². The molecule has 0 aliphatic heterocycles. The van der Waals surface area contributed by atoms with Crippen molar-refractivity contribution < 1.29 is 50.2 Å². The predicted molar refractivity (Wildman–Crippen MR) is 139 cm³/mol. The first-order chi connectivity index (χ1) is 19.9. The van der Waals surface area contributed by atoms with Crippen LogP contribution in [0, 0.1) is 5.41 Å². The largest absolute Gasteiger partial charge is 0.481 e. The lowest BCUT2D eigenvalue weighted by atomic mass is 9.74. The number of halogens is 8. The van der Waals surface area contributed by atoms with E-state index in [2.05, 4.69) is 5.10 Å². The highest BCUT2D eigenvalue weighted by atomic mass is 35.5. The van der Waals surface area contributed by atoms with Crippen molar-refractivity contribution in [3.05, 3.63) is 51.8 Å². The van der Waals surface area contributed by atoms with Crippen LogP contribution >= 0.6 is 11.6 Å². The molecule has 0 radical (unpaired) electrons. The van der Waals surface area contributed by atoms with Crippen molar-refractivity contribution in [2.45, 2.75) is 82.4 Å². The summed E-state index contributed by atoms with van der Waals surface area (Å²) in [6, 6.07) is 1.69. The summed E-state index contributed by atoms with van der Waals surface area (Å²) in [4.78, 5) is 39.0. The number of amides is 1. The Kier molecular flexibility index (Phi) is 8.94. The number of hydrogen-bond donors (Lipinski definition) is 1. The quantitative estimate of drug-likeness (QED) is 0.240. The first kappa shape index (κ1) is 32.7. The number of carboxylic acids is 1. The first-order valence-corrected chi connectivity index (χ1v) is 14.0. The molecule has 1 aromatic carbocycles. The van der Waals surface area contributed by atoms with Crippen molar-refractivity contribution in [3.8, 4) is 0 Å². The average Bonchev–Trinajstić information content (AvgIpc) is 3.54. The molecule has 236 valence electrons. The van der Waals surface area contributed by atoms with E-state index in [9.17, 15) is 45.8 Å². The fourth-order valence-electron chi connectivity index (χ4n) is 5.95. The molecular formula is C28H29ClF7N3O4. The molecule has 2 aliphatic carbocycles. The van der Waals surface area contributed by atoms with Crippen LogP contribution in [-0.2, 0) is 17.1 Å². The van der Waals surface area contributed by atoms with Gasteiger partial charge in [-0.05, 0) is 57.6 Å². The molecule has 0 atom stereocenters. The Labute approximate surface area is 247 Å². The smallest absolute Gasteiger partial charge is 0.433 e. The zero-order valence-corrected chi connectivity index (χ0v) is 23.8. The molecule has 1 heterocycles. The van der Waals surface area contributed by atoms with E-state index >= 15 is 4.39 Å². The molecule has 0 saturated heterocycles. The molecular weight excluding hydrogens is 611 g/mol. The van der Waals surface area contributed by atoms with E-state index < -0.39 is 87.6 Å². The van der Waals surface area contributed by atoms with E-state index in [0.717, 1.165) is 12.1 Å². The topological polar surface area (TPSA) is 92.5 Å². The average molecular weight is 640 g/mol. The van der Waals surface area contributed by atoms with Crippen LogP contribution in [-0.4, -0.2) is 56.2 Å². The maximum Gasteiger partial charge on any atom is 0.433 e. The summed E-state index contributed by atoms with van der Waals surface area (Å²) in [5.74, 6) is -3.84. The van der Waals surface area contributed by atoms with E-state index in [1.165, 1.54) is 6.92 Å². The Balaban J connectivity index is 1.72. The standard InChI is InChI=1S/C28H29ClF7N3O4/c1-25(24(42)43)11-7-16(8-12-25)39-22(28(34,35)36)17(13-37-39)23(41)38(15-26(30)9-2-3-10-26)14-20(40)21-18(27(31,32)33)5-4-6-19(21)29/h4-6,13,16H,2-3,7-12,14-15H2,1H3,(H,42,43)/t16-,25-. The van der Waals surface area contributed by atoms with Gasteiger partial charge in [0.05, 0.1) is 52.5 Å². The van der Waals surface area contributed by atoms with Crippen LogP contribution in [0.25, 0.3) is 0 Å². The predicted octanol–water partition coefficient (Wildman–Crippen LogP) is 7.39. The Morgan fingerprint density at radius 3 is 2.19 bits per heavy atom. The van der Waals surface area contributed by atoms with Crippen molar-refractivity contribution in [2.75, 3.05) is 13.1 Å². The van der Waals surface area contributed by atoms with Gasteiger partial charge < -0.3 is 10.0 Å². The van der Waals surface area contributed by atoms with Crippen molar-refractivity contribution in [1.82, 2.24) is 14.7 Å². The van der Waals surface area contributed by atoms with Gasteiger partial charge in [-0.2, -0.15) is 31.4 Å². The van der Waals surface area contributed by atoms with E-state index in [4.69, 9.17) is 11.6 Å². The molecule has 2 fully saturated rings. The molecule has 15 heteroatoms. The number of Topliss-reactive ketones (excluding diaryl/α,β-unsaturated/α-hetero) is 1. The number of nitrogens with zero attached hydrogens (tertiary/aromatic N) is 3. The third-order valence-corrected chi connectivity index (χ3v) is 8.72.